The standard InChI is InChI=1S/C8H13N/c1-7-4-3-5-8(6-7)9-2/h7-8H,3-6H2,1H3. The van der Waals surface area contributed by atoms with Gasteiger partial charge in [-0.25, -0.2) is 6.57 Å². The van der Waals surface area contributed by atoms with Crippen LogP contribution in [0.25, 0.3) is 4.85 Å². The van der Waals surface area contributed by atoms with E-state index >= 15 is 0 Å². The molecule has 9 heavy (non-hydrogen) atoms. The van der Waals surface area contributed by atoms with E-state index in [1.165, 1.54) is 12.8 Å². The van der Waals surface area contributed by atoms with E-state index < -0.39 is 0 Å². The van der Waals surface area contributed by atoms with Gasteiger partial charge in [0.1, 0.15) is 0 Å². The second kappa shape index (κ2) is 2.87. The van der Waals surface area contributed by atoms with E-state index in [0.29, 0.717) is 6.04 Å². The monoisotopic (exact) mass is 123 g/mol. The van der Waals surface area contributed by atoms with Crippen LogP contribution in [0.4, 0.5) is 0 Å². The van der Waals surface area contributed by atoms with Crippen LogP contribution in [-0.4, -0.2) is 6.04 Å². The van der Waals surface area contributed by atoms with Crippen LogP contribution in [0.5, 0.6) is 0 Å². The Kier molecular flexibility index (Phi) is 2.10. The third-order valence-corrected chi connectivity index (χ3v) is 2.09. The lowest BCUT2D eigenvalue weighted by Gasteiger charge is -2.17. The maximum atomic E-state index is 6.81. The van der Waals surface area contributed by atoms with Gasteiger partial charge in [-0.05, 0) is 12.3 Å². The van der Waals surface area contributed by atoms with Gasteiger partial charge in [-0.15, -0.1) is 0 Å². The van der Waals surface area contributed by atoms with E-state index in [1.807, 2.05) is 0 Å². The molecule has 50 valence electrons. The van der Waals surface area contributed by atoms with E-state index in [4.69, 9.17) is 6.57 Å². The van der Waals surface area contributed by atoms with Crippen molar-refractivity contribution in [3.8, 4) is 0 Å². The molecule has 1 fully saturated rings. The normalized spacial score (nSPS) is 35.6. The van der Waals surface area contributed by atoms with Crippen LogP contribution in [0.3, 0.4) is 0 Å². The van der Waals surface area contributed by atoms with Crippen molar-refractivity contribution in [1.29, 1.82) is 0 Å². The first kappa shape index (κ1) is 6.61. The largest absolute Gasteiger partial charge is 0.314 e. The minimum atomic E-state index is 0.355. The Morgan fingerprint density at radius 3 is 2.67 bits per heavy atom. The Hall–Kier alpha value is -0.510. The average Bonchev–Trinajstić information content (AvgIpc) is 1.88. The van der Waals surface area contributed by atoms with Crippen LogP contribution in [-0.2, 0) is 0 Å². The number of rotatable bonds is 0. The molecule has 0 aliphatic heterocycles. The van der Waals surface area contributed by atoms with Crippen molar-refractivity contribution in [2.75, 3.05) is 0 Å². The summed E-state index contributed by atoms with van der Waals surface area (Å²) in [5.41, 5.74) is 0. The summed E-state index contributed by atoms with van der Waals surface area (Å²) >= 11 is 0. The molecule has 1 nitrogen and oxygen atoms in total. The minimum Gasteiger partial charge on any atom is -0.314 e. The molecule has 0 aromatic carbocycles. The highest BCUT2D eigenvalue weighted by Crippen LogP contribution is 2.25. The zero-order valence-electron chi connectivity index (χ0n) is 5.93. The summed E-state index contributed by atoms with van der Waals surface area (Å²) in [5.74, 6) is 0.804. The van der Waals surface area contributed by atoms with E-state index in [9.17, 15) is 0 Å². The van der Waals surface area contributed by atoms with E-state index in [1.54, 1.807) is 0 Å². The minimum absolute atomic E-state index is 0.355. The molecular formula is C8H13N. The molecule has 1 saturated carbocycles. The molecule has 0 heterocycles. The highest BCUT2D eigenvalue weighted by Gasteiger charge is 2.21. The van der Waals surface area contributed by atoms with Crippen molar-refractivity contribution >= 4 is 0 Å². The van der Waals surface area contributed by atoms with Crippen LogP contribution in [0.2, 0.25) is 0 Å². The van der Waals surface area contributed by atoms with E-state index in [0.717, 1.165) is 18.8 Å². The first-order valence-electron chi connectivity index (χ1n) is 3.69. The zero-order valence-corrected chi connectivity index (χ0v) is 5.93. The maximum absolute atomic E-state index is 6.81. The number of hydrogen-bond acceptors (Lipinski definition) is 0. The van der Waals surface area contributed by atoms with E-state index in [-0.39, 0.29) is 0 Å². The first-order chi connectivity index (χ1) is 4.33. The van der Waals surface area contributed by atoms with Gasteiger partial charge in [-0.2, -0.15) is 0 Å². The Labute approximate surface area is 56.9 Å². The predicted molar refractivity (Wildman–Crippen MR) is 38.0 cm³/mol. The zero-order chi connectivity index (χ0) is 6.69. The molecule has 1 rings (SSSR count). The van der Waals surface area contributed by atoms with Crippen LogP contribution in [0, 0.1) is 12.5 Å². The highest BCUT2D eigenvalue weighted by molar-refractivity contribution is 4.83. The van der Waals surface area contributed by atoms with Gasteiger partial charge in [0.05, 0.1) is 0 Å². The molecule has 1 aliphatic carbocycles. The van der Waals surface area contributed by atoms with Gasteiger partial charge in [0.15, 0.2) is 0 Å². The van der Waals surface area contributed by atoms with Gasteiger partial charge in [0.25, 0.3) is 0 Å². The number of hydrogen-bond donors (Lipinski definition) is 0. The Balaban J connectivity index is 2.34. The fraction of sp³-hybridized carbons (Fsp3) is 0.875. The van der Waals surface area contributed by atoms with Gasteiger partial charge in [-0.3, -0.25) is 0 Å². The van der Waals surface area contributed by atoms with Crippen LogP contribution < -0.4 is 0 Å². The molecule has 0 spiro atoms. The summed E-state index contributed by atoms with van der Waals surface area (Å²) in [6.45, 7) is 9.06. The average molecular weight is 123 g/mol. The quantitative estimate of drug-likeness (QED) is 0.436. The summed E-state index contributed by atoms with van der Waals surface area (Å²) in [6.07, 6.45) is 4.90. The van der Waals surface area contributed by atoms with Crippen molar-refractivity contribution in [3.05, 3.63) is 11.4 Å². The third kappa shape index (κ3) is 1.71. The lowest BCUT2D eigenvalue weighted by atomic mass is 9.88. The SMILES string of the molecule is [C-]#[N+]C1CCCC(C)C1. The topological polar surface area (TPSA) is 4.36 Å². The first-order valence-corrected chi connectivity index (χ1v) is 3.69. The summed E-state index contributed by atoms with van der Waals surface area (Å²) < 4.78 is 0. The molecule has 0 radical (unpaired) electrons. The summed E-state index contributed by atoms with van der Waals surface area (Å²) in [5, 5.41) is 0. The highest BCUT2D eigenvalue weighted by atomic mass is 14.7. The van der Waals surface area contributed by atoms with Crippen LogP contribution >= 0.6 is 0 Å². The molecule has 0 bridgehead atoms. The van der Waals surface area contributed by atoms with Crippen LogP contribution in [0.1, 0.15) is 32.6 Å². The molecule has 0 N–H and O–H groups in total. The Bertz CT molecular complexity index is 123. The van der Waals surface area contributed by atoms with Gasteiger partial charge < -0.3 is 4.85 Å². The fourth-order valence-electron chi connectivity index (χ4n) is 1.52. The smallest absolute Gasteiger partial charge is 0.224 e. The second-order valence-corrected chi connectivity index (χ2v) is 3.05. The van der Waals surface area contributed by atoms with Crippen LogP contribution in [0.15, 0.2) is 0 Å². The lowest BCUT2D eigenvalue weighted by Crippen LogP contribution is -2.14. The van der Waals surface area contributed by atoms with Crippen molar-refractivity contribution < 1.29 is 0 Å². The molecular weight excluding hydrogens is 110 g/mol. The molecule has 0 aromatic heterocycles. The molecule has 0 amide bonds. The Morgan fingerprint density at radius 1 is 1.44 bits per heavy atom. The Morgan fingerprint density at radius 2 is 2.22 bits per heavy atom. The molecule has 2 atom stereocenters. The van der Waals surface area contributed by atoms with Gasteiger partial charge in [0.2, 0.25) is 6.04 Å². The predicted octanol–water partition coefficient (Wildman–Crippen LogP) is 2.48. The second-order valence-electron chi connectivity index (χ2n) is 3.05. The fourth-order valence-corrected chi connectivity index (χ4v) is 1.52. The van der Waals surface area contributed by atoms with E-state index in [2.05, 4.69) is 11.8 Å². The lowest BCUT2D eigenvalue weighted by molar-refractivity contribution is 0.370. The maximum Gasteiger partial charge on any atom is 0.224 e. The summed E-state index contributed by atoms with van der Waals surface area (Å²) in [7, 11) is 0. The van der Waals surface area contributed by atoms with Crippen molar-refractivity contribution in [2.45, 2.75) is 38.6 Å². The number of nitrogens with zero attached hydrogens (tertiary/aromatic N) is 1. The van der Waals surface area contributed by atoms with Crippen molar-refractivity contribution in [3.63, 3.8) is 0 Å². The third-order valence-electron chi connectivity index (χ3n) is 2.09. The molecule has 1 aliphatic rings. The molecule has 0 aromatic rings. The molecule has 1 heteroatoms. The summed E-state index contributed by atoms with van der Waals surface area (Å²) in [6, 6.07) is 0.355. The molecule has 0 saturated heterocycles. The van der Waals surface area contributed by atoms with Gasteiger partial charge >= 0.3 is 0 Å². The van der Waals surface area contributed by atoms with Crippen molar-refractivity contribution in [1.82, 2.24) is 0 Å². The van der Waals surface area contributed by atoms with Gasteiger partial charge in [0, 0.05) is 12.8 Å². The summed E-state index contributed by atoms with van der Waals surface area (Å²) in [4.78, 5) is 3.55. The van der Waals surface area contributed by atoms with Crippen molar-refractivity contribution in [2.24, 2.45) is 5.92 Å². The van der Waals surface area contributed by atoms with Gasteiger partial charge in [-0.1, -0.05) is 13.3 Å². The molecule has 2 unspecified atom stereocenters.